The third-order valence-electron chi connectivity index (χ3n) is 5.78. The number of rotatable bonds is 5. The van der Waals surface area contributed by atoms with Crippen LogP contribution in [-0.2, 0) is 9.53 Å². The Balaban J connectivity index is 1.60. The van der Waals surface area contributed by atoms with Gasteiger partial charge in [-0.2, -0.15) is 0 Å². The van der Waals surface area contributed by atoms with Crippen molar-refractivity contribution in [2.24, 2.45) is 11.3 Å². The molecule has 5 nitrogen and oxygen atoms in total. The van der Waals surface area contributed by atoms with Gasteiger partial charge in [0, 0.05) is 37.7 Å². The number of nitrogens with zero attached hydrogens (tertiary/aromatic N) is 1. The highest BCUT2D eigenvalue weighted by Gasteiger charge is 2.40. The molecule has 2 amide bonds. The van der Waals surface area contributed by atoms with Crippen LogP contribution in [0.5, 0.6) is 0 Å². The van der Waals surface area contributed by atoms with Crippen molar-refractivity contribution < 1.29 is 14.3 Å². The van der Waals surface area contributed by atoms with E-state index in [0.29, 0.717) is 31.8 Å². The maximum atomic E-state index is 12.9. The molecule has 1 aromatic rings. The lowest BCUT2D eigenvalue weighted by Crippen LogP contribution is -2.52. The Morgan fingerprint density at radius 1 is 1.33 bits per heavy atom. The number of piperidine rings is 1. The first kappa shape index (κ1) is 19.6. The minimum atomic E-state index is -0.555. The Bertz CT molecular complexity index is 703. The van der Waals surface area contributed by atoms with Crippen molar-refractivity contribution in [1.82, 2.24) is 10.2 Å². The fourth-order valence-electron chi connectivity index (χ4n) is 4.19. The number of hydrogen-bond acceptors (Lipinski definition) is 3. The normalized spacial score (nSPS) is 28.0. The highest BCUT2D eigenvalue weighted by atomic mass is 16.5. The maximum absolute atomic E-state index is 12.9. The second-order valence-corrected chi connectivity index (χ2v) is 8.15. The number of hydrogen-bond donors (Lipinski definition) is 1. The zero-order chi connectivity index (χ0) is 19.4. The van der Waals surface area contributed by atoms with Gasteiger partial charge in [0.05, 0.1) is 11.5 Å². The van der Waals surface area contributed by atoms with Gasteiger partial charge in [-0.25, -0.2) is 0 Å². The van der Waals surface area contributed by atoms with E-state index >= 15 is 0 Å². The minimum Gasteiger partial charge on any atom is -0.374 e. The molecule has 0 aromatic heterocycles. The maximum Gasteiger partial charge on any atom is 0.253 e. The van der Waals surface area contributed by atoms with E-state index in [2.05, 4.69) is 11.9 Å². The minimum absolute atomic E-state index is 0.000800. The average Bonchev–Trinajstić information content (AvgIpc) is 3.15. The Kier molecular flexibility index (Phi) is 6.00. The Morgan fingerprint density at radius 2 is 2.07 bits per heavy atom. The molecule has 27 heavy (non-hydrogen) atoms. The molecule has 3 rings (SSSR count). The van der Waals surface area contributed by atoms with Gasteiger partial charge >= 0.3 is 0 Å². The lowest BCUT2D eigenvalue weighted by molar-refractivity contribution is -0.132. The van der Waals surface area contributed by atoms with Crippen molar-refractivity contribution in [3.05, 3.63) is 48.0 Å². The summed E-state index contributed by atoms with van der Waals surface area (Å²) in [6.07, 6.45) is 2.60. The predicted molar refractivity (Wildman–Crippen MR) is 105 cm³/mol. The molecule has 146 valence electrons. The predicted octanol–water partition coefficient (Wildman–Crippen LogP) is 3.03. The first-order valence-electron chi connectivity index (χ1n) is 9.80. The summed E-state index contributed by atoms with van der Waals surface area (Å²) in [5, 5.41) is 3.12. The van der Waals surface area contributed by atoms with Crippen LogP contribution in [0.4, 0.5) is 0 Å². The Labute approximate surface area is 161 Å². The number of carbonyl (C=O) groups is 2. The number of likely N-dealkylation sites (tertiary alicyclic amines) is 1. The van der Waals surface area contributed by atoms with Gasteiger partial charge in [0.1, 0.15) is 0 Å². The monoisotopic (exact) mass is 370 g/mol. The van der Waals surface area contributed by atoms with Crippen LogP contribution in [0, 0.1) is 11.3 Å². The molecule has 0 radical (unpaired) electrons. The first-order chi connectivity index (χ1) is 12.9. The SMILES string of the molecule is C=C(C)C1OCCC1CNC(=O)C1(C)CCCN(C(=O)c2ccccc2)C1. The van der Waals surface area contributed by atoms with Crippen molar-refractivity contribution >= 4 is 11.8 Å². The molecule has 2 fully saturated rings. The third kappa shape index (κ3) is 4.41. The van der Waals surface area contributed by atoms with Crippen LogP contribution in [0.25, 0.3) is 0 Å². The van der Waals surface area contributed by atoms with Crippen molar-refractivity contribution in [1.29, 1.82) is 0 Å². The van der Waals surface area contributed by atoms with E-state index in [9.17, 15) is 9.59 Å². The summed E-state index contributed by atoms with van der Waals surface area (Å²) < 4.78 is 5.72. The van der Waals surface area contributed by atoms with Crippen LogP contribution in [0.1, 0.15) is 43.5 Å². The molecule has 2 heterocycles. The lowest BCUT2D eigenvalue weighted by Gasteiger charge is -2.39. The van der Waals surface area contributed by atoms with Gasteiger partial charge in [-0.1, -0.05) is 30.4 Å². The highest BCUT2D eigenvalue weighted by molar-refractivity contribution is 5.95. The van der Waals surface area contributed by atoms with Gasteiger partial charge in [-0.05, 0) is 45.2 Å². The molecule has 0 aliphatic carbocycles. The molecule has 1 N–H and O–H groups in total. The fourth-order valence-corrected chi connectivity index (χ4v) is 4.19. The number of ether oxygens (including phenoxy) is 1. The zero-order valence-corrected chi connectivity index (χ0v) is 16.4. The molecule has 3 atom stereocenters. The van der Waals surface area contributed by atoms with Crippen LogP contribution in [0.2, 0.25) is 0 Å². The molecule has 3 unspecified atom stereocenters. The van der Waals surface area contributed by atoms with Gasteiger partial charge in [-0.15, -0.1) is 0 Å². The molecular weight excluding hydrogens is 340 g/mol. The molecule has 2 aliphatic heterocycles. The van der Waals surface area contributed by atoms with Crippen LogP contribution in [0.15, 0.2) is 42.5 Å². The topological polar surface area (TPSA) is 58.6 Å². The largest absolute Gasteiger partial charge is 0.374 e. The molecule has 0 bridgehead atoms. The smallest absolute Gasteiger partial charge is 0.253 e. The summed E-state index contributed by atoms with van der Waals surface area (Å²) in [6, 6.07) is 9.28. The summed E-state index contributed by atoms with van der Waals surface area (Å²) in [5.74, 6) is 0.307. The molecule has 1 aromatic carbocycles. The third-order valence-corrected chi connectivity index (χ3v) is 5.78. The van der Waals surface area contributed by atoms with Crippen molar-refractivity contribution in [3.8, 4) is 0 Å². The molecule has 2 aliphatic rings. The molecule has 2 saturated heterocycles. The summed E-state index contributed by atoms with van der Waals surface area (Å²) in [4.78, 5) is 27.5. The first-order valence-corrected chi connectivity index (χ1v) is 9.80. The van der Waals surface area contributed by atoms with Crippen LogP contribution >= 0.6 is 0 Å². The molecule has 0 spiro atoms. The lowest BCUT2D eigenvalue weighted by atomic mass is 9.80. The summed E-state index contributed by atoms with van der Waals surface area (Å²) in [5.41, 5.74) is 1.13. The van der Waals surface area contributed by atoms with Crippen molar-refractivity contribution in [2.75, 3.05) is 26.2 Å². The van der Waals surface area contributed by atoms with Gasteiger partial charge in [0.2, 0.25) is 5.91 Å². The zero-order valence-electron chi connectivity index (χ0n) is 16.4. The summed E-state index contributed by atoms with van der Waals surface area (Å²) in [6.45, 7) is 10.4. The molecular formula is C22H30N2O3. The summed E-state index contributed by atoms with van der Waals surface area (Å²) >= 11 is 0. The van der Waals surface area contributed by atoms with Crippen molar-refractivity contribution in [3.63, 3.8) is 0 Å². The second-order valence-electron chi connectivity index (χ2n) is 8.15. The summed E-state index contributed by atoms with van der Waals surface area (Å²) in [7, 11) is 0. The van der Waals surface area contributed by atoms with E-state index in [4.69, 9.17) is 4.74 Å². The average molecular weight is 370 g/mol. The Hall–Kier alpha value is -2.14. The standard InChI is InChI=1S/C22H30N2O3/c1-16(2)19-18(10-13-27-19)14-23-21(26)22(3)11-7-12-24(15-22)20(25)17-8-5-4-6-9-17/h4-6,8-9,18-19H,1,7,10-15H2,2-3H3,(H,23,26). The van der Waals surface area contributed by atoms with E-state index in [1.165, 1.54) is 0 Å². The Morgan fingerprint density at radius 3 is 2.78 bits per heavy atom. The van der Waals surface area contributed by atoms with E-state index in [1.54, 1.807) is 0 Å². The van der Waals surface area contributed by atoms with Gasteiger partial charge in [-0.3, -0.25) is 9.59 Å². The van der Waals surface area contributed by atoms with E-state index in [0.717, 1.165) is 24.8 Å². The van der Waals surface area contributed by atoms with Gasteiger partial charge < -0.3 is 15.0 Å². The fraction of sp³-hybridized carbons (Fsp3) is 0.545. The molecule has 0 saturated carbocycles. The number of carbonyl (C=O) groups excluding carboxylic acids is 2. The van der Waals surface area contributed by atoms with Crippen LogP contribution < -0.4 is 5.32 Å². The van der Waals surface area contributed by atoms with E-state index in [-0.39, 0.29) is 23.8 Å². The number of nitrogens with one attached hydrogen (secondary N) is 1. The number of benzene rings is 1. The second kappa shape index (κ2) is 8.26. The quantitative estimate of drug-likeness (QED) is 0.811. The molecule has 5 heteroatoms. The van der Waals surface area contributed by atoms with Gasteiger partial charge in [0.25, 0.3) is 5.91 Å². The van der Waals surface area contributed by atoms with Crippen LogP contribution in [-0.4, -0.2) is 49.1 Å². The van der Waals surface area contributed by atoms with E-state index in [1.807, 2.05) is 49.1 Å². The highest BCUT2D eigenvalue weighted by Crippen LogP contribution is 2.31. The van der Waals surface area contributed by atoms with E-state index < -0.39 is 5.41 Å². The van der Waals surface area contributed by atoms with Gasteiger partial charge in [0.15, 0.2) is 0 Å². The van der Waals surface area contributed by atoms with Crippen molar-refractivity contribution in [2.45, 2.75) is 39.2 Å². The van der Waals surface area contributed by atoms with Crippen LogP contribution in [0.3, 0.4) is 0 Å². The number of amides is 2.